The average molecular weight is 264 g/mol. The summed E-state index contributed by atoms with van der Waals surface area (Å²) < 4.78 is 18.0. The lowest BCUT2D eigenvalue weighted by molar-refractivity contribution is -0.134. The summed E-state index contributed by atoms with van der Waals surface area (Å²) in [6.07, 6.45) is 3.39. The average Bonchev–Trinajstić information content (AvgIpc) is 2.41. The maximum Gasteiger partial charge on any atom is 0.247 e. The monoisotopic (exact) mass is 264 g/mol. The molecule has 1 amide bonds. The number of nitrogens with two attached hydrogens (primary N) is 1. The van der Waals surface area contributed by atoms with Gasteiger partial charge in [0.25, 0.3) is 0 Å². The second kappa shape index (κ2) is 6.45. The van der Waals surface area contributed by atoms with Gasteiger partial charge in [-0.3, -0.25) is 9.69 Å². The van der Waals surface area contributed by atoms with Crippen LogP contribution < -0.4 is 5.73 Å². The minimum absolute atomic E-state index is 0.241. The number of benzene rings is 1. The molecule has 4 nitrogen and oxygen atoms in total. The number of carbonyl (C=O) groups is 1. The molecule has 1 aliphatic heterocycles. The zero-order valence-electron chi connectivity index (χ0n) is 10.6. The van der Waals surface area contributed by atoms with Crippen LogP contribution in [-0.2, 0) is 9.53 Å². The van der Waals surface area contributed by atoms with Crippen molar-refractivity contribution in [3.63, 3.8) is 0 Å². The standard InChI is InChI=1S/C14H17FN2O2/c15-12-5-3-11(4-6-12)2-1-7-17-8-9-19-13(10-17)14(16)18/h1-6,13H,7-10H2,(H2,16,18). The molecule has 5 heteroatoms. The molecule has 2 rings (SSSR count). The van der Waals surface area contributed by atoms with Crippen LogP contribution in [0.25, 0.3) is 6.08 Å². The summed E-state index contributed by atoms with van der Waals surface area (Å²) in [5.74, 6) is -0.665. The zero-order valence-corrected chi connectivity index (χ0v) is 10.6. The zero-order chi connectivity index (χ0) is 13.7. The van der Waals surface area contributed by atoms with Crippen molar-refractivity contribution in [3.8, 4) is 0 Å². The maximum atomic E-state index is 12.7. The van der Waals surface area contributed by atoms with Crippen LogP contribution in [-0.4, -0.2) is 43.2 Å². The quantitative estimate of drug-likeness (QED) is 0.883. The van der Waals surface area contributed by atoms with Gasteiger partial charge in [0, 0.05) is 19.6 Å². The van der Waals surface area contributed by atoms with Gasteiger partial charge in [-0.25, -0.2) is 4.39 Å². The molecule has 1 aromatic carbocycles. The van der Waals surface area contributed by atoms with Crippen LogP contribution in [0.1, 0.15) is 5.56 Å². The molecule has 102 valence electrons. The third kappa shape index (κ3) is 4.15. The first-order valence-corrected chi connectivity index (χ1v) is 6.20. The van der Waals surface area contributed by atoms with Crippen molar-refractivity contribution in [1.82, 2.24) is 4.90 Å². The highest BCUT2D eigenvalue weighted by molar-refractivity contribution is 5.79. The van der Waals surface area contributed by atoms with Crippen molar-refractivity contribution in [2.24, 2.45) is 5.73 Å². The number of primary amides is 1. The van der Waals surface area contributed by atoms with E-state index < -0.39 is 12.0 Å². The Kier molecular flexibility index (Phi) is 4.65. The predicted octanol–water partition coefficient (Wildman–Crippen LogP) is 1.02. The van der Waals surface area contributed by atoms with Crippen LogP contribution in [0.5, 0.6) is 0 Å². The van der Waals surface area contributed by atoms with Gasteiger partial charge < -0.3 is 10.5 Å². The molecule has 19 heavy (non-hydrogen) atoms. The molecule has 1 atom stereocenters. The highest BCUT2D eigenvalue weighted by Crippen LogP contribution is 2.07. The van der Waals surface area contributed by atoms with E-state index in [1.54, 1.807) is 12.1 Å². The fourth-order valence-electron chi connectivity index (χ4n) is 1.95. The van der Waals surface area contributed by atoms with Gasteiger partial charge in [-0.1, -0.05) is 24.3 Å². The first kappa shape index (κ1) is 13.7. The van der Waals surface area contributed by atoms with Crippen LogP contribution in [0, 0.1) is 5.82 Å². The fourth-order valence-corrected chi connectivity index (χ4v) is 1.95. The van der Waals surface area contributed by atoms with E-state index in [0.717, 1.165) is 12.1 Å². The molecule has 0 saturated carbocycles. The number of amides is 1. The molecule has 1 fully saturated rings. The summed E-state index contributed by atoms with van der Waals surface area (Å²) in [7, 11) is 0. The van der Waals surface area contributed by atoms with Crippen molar-refractivity contribution in [3.05, 3.63) is 41.7 Å². The summed E-state index contributed by atoms with van der Waals surface area (Å²) in [5, 5.41) is 0. The predicted molar refractivity (Wildman–Crippen MR) is 70.8 cm³/mol. The molecule has 1 saturated heterocycles. The minimum Gasteiger partial charge on any atom is -0.367 e. The number of nitrogens with zero attached hydrogens (tertiary/aromatic N) is 1. The van der Waals surface area contributed by atoms with Crippen LogP contribution in [0.4, 0.5) is 4.39 Å². The fraction of sp³-hybridized carbons (Fsp3) is 0.357. The number of carbonyl (C=O) groups excluding carboxylic acids is 1. The largest absolute Gasteiger partial charge is 0.367 e. The van der Waals surface area contributed by atoms with Crippen LogP contribution >= 0.6 is 0 Å². The Morgan fingerprint density at radius 2 is 2.21 bits per heavy atom. The highest BCUT2D eigenvalue weighted by Gasteiger charge is 2.23. The van der Waals surface area contributed by atoms with Gasteiger partial charge in [0.1, 0.15) is 11.9 Å². The SMILES string of the molecule is NC(=O)C1CN(CC=Cc2ccc(F)cc2)CCO1. The smallest absolute Gasteiger partial charge is 0.247 e. The molecular weight excluding hydrogens is 247 g/mol. The van der Waals surface area contributed by atoms with Crippen molar-refractivity contribution in [2.75, 3.05) is 26.2 Å². The number of rotatable bonds is 4. The van der Waals surface area contributed by atoms with E-state index in [1.165, 1.54) is 12.1 Å². The summed E-state index contributed by atoms with van der Waals surface area (Å²) in [4.78, 5) is 13.1. The molecular formula is C14H17FN2O2. The third-order valence-electron chi connectivity index (χ3n) is 3.01. The lowest BCUT2D eigenvalue weighted by Crippen LogP contribution is -2.48. The summed E-state index contributed by atoms with van der Waals surface area (Å²) in [6, 6.07) is 6.30. The molecule has 1 heterocycles. The van der Waals surface area contributed by atoms with E-state index >= 15 is 0 Å². The lowest BCUT2D eigenvalue weighted by atomic mass is 10.2. The number of hydrogen-bond acceptors (Lipinski definition) is 3. The molecule has 0 aromatic heterocycles. The maximum absolute atomic E-state index is 12.7. The molecule has 0 radical (unpaired) electrons. The Labute approximate surface area is 111 Å². The normalized spacial score (nSPS) is 20.8. The van der Waals surface area contributed by atoms with Crippen LogP contribution in [0.15, 0.2) is 30.3 Å². The number of halogens is 1. The van der Waals surface area contributed by atoms with Crippen LogP contribution in [0.2, 0.25) is 0 Å². The Balaban J connectivity index is 1.84. The molecule has 2 N–H and O–H groups in total. The minimum atomic E-state index is -0.520. The van der Waals surface area contributed by atoms with Gasteiger partial charge in [0.15, 0.2) is 0 Å². The third-order valence-corrected chi connectivity index (χ3v) is 3.01. The van der Waals surface area contributed by atoms with Gasteiger partial charge in [0.05, 0.1) is 6.61 Å². The Bertz CT molecular complexity index is 459. The van der Waals surface area contributed by atoms with E-state index in [1.807, 2.05) is 12.2 Å². The van der Waals surface area contributed by atoms with E-state index in [2.05, 4.69) is 4.90 Å². The van der Waals surface area contributed by atoms with E-state index in [9.17, 15) is 9.18 Å². The van der Waals surface area contributed by atoms with E-state index in [0.29, 0.717) is 19.7 Å². The Morgan fingerprint density at radius 1 is 1.47 bits per heavy atom. The number of hydrogen-bond donors (Lipinski definition) is 1. The number of morpholine rings is 1. The van der Waals surface area contributed by atoms with E-state index in [-0.39, 0.29) is 5.82 Å². The van der Waals surface area contributed by atoms with Crippen molar-refractivity contribution in [1.29, 1.82) is 0 Å². The number of ether oxygens (including phenoxy) is 1. The molecule has 1 aromatic rings. The summed E-state index contributed by atoms with van der Waals surface area (Å²) in [5.41, 5.74) is 6.16. The summed E-state index contributed by atoms with van der Waals surface area (Å²) >= 11 is 0. The molecule has 1 aliphatic rings. The topological polar surface area (TPSA) is 55.6 Å². The second-order valence-electron chi connectivity index (χ2n) is 4.48. The molecule has 0 aliphatic carbocycles. The lowest BCUT2D eigenvalue weighted by Gasteiger charge is -2.30. The molecule has 0 bridgehead atoms. The molecule has 0 spiro atoms. The van der Waals surface area contributed by atoms with Crippen molar-refractivity contribution >= 4 is 12.0 Å². The highest BCUT2D eigenvalue weighted by atomic mass is 19.1. The van der Waals surface area contributed by atoms with Gasteiger partial charge in [-0.2, -0.15) is 0 Å². The second-order valence-corrected chi connectivity index (χ2v) is 4.48. The van der Waals surface area contributed by atoms with Crippen molar-refractivity contribution in [2.45, 2.75) is 6.10 Å². The Hall–Kier alpha value is -1.72. The van der Waals surface area contributed by atoms with E-state index in [4.69, 9.17) is 10.5 Å². The van der Waals surface area contributed by atoms with Gasteiger partial charge >= 0.3 is 0 Å². The van der Waals surface area contributed by atoms with Gasteiger partial charge in [-0.05, 0) is 17.7 Å². The van der Waals surface area contributed by atoms with Gasteiger partial charge in [-0.15, -0.1) is 0 Å². The Morgan fingerprint density at radius 3 is 2.89 bits per heavy atom. The first-order chi connectivity index (χ1) is 9.15. The van der Waals surface area contributed by atoms with Gasteiger partial charge in [0.2, 0.25) is 5.91 Å². The first-order valence-electron chi connectivity index (χ1n) is 6.20. The van der Waals surface area contributed by atoms with Crippen LogP contribution in [0.3, 0.4) is 0 Å². The summed E-state index contributed by atoms with van der Waals surface area (Å²) in [6.45, 7) is 2.52. The molecule has 1 unspecified atom stereocenters. The van der Waals surface area contributed by atoms with Crippen molar-refractivity contribution < 1.29 is 13.9 Å².